The molecule has 19 heavy (non-hydrogen) atoms. The predicted octanol–water partition coefficient (Wildman–Crippen LogP) is 2.36. The standard InChI is InChI=1S/C14H27N5/c1-5-8-16-14-17-12(4)11-13(18-14)15-9-10-19(6-2)7-3/h11H,5-10H2,1-4H3,(H2,15,16,17,18). The molecule has 0 saturated heterocycles. The molecule has 0 bridgehead atoms. The Morgan fingerprint density at radius 1 is 1.05 bits per heavy atom. The highest BCUT2D eigenvalue weighted by atomic mass is 15.2. The van der Waals surface area contributed by atoms with Gasteiger partial charge in [-0.1, -0.05) is 20.8 Å². The first kappa shape index (κ1) is 15.7. The molecule has 1 heterocycles. The van der Waals surface area contributed by atoms with Crippen LogP contribution in [0, 0.1) is 6.92 Å². The molecule has 1 aromatic rings. The topological polar surface area (TPSA) is 53.1 Å². The Balaban J connectivity index is 2.50. The Labute approximate surface area is 116 Å². The summed E-state index contributed by atoms with van der Waals surface area (Å²) >= 11 is 0. The van der Waals surface area contributed by atoms with Crippen molar-refractivity contribution in [2.75, 3.05) is 43.4 Å². The largest absolute Gasteiger partial charge is 0.369 e. The molecule has 1 aromatic heterocycles. The van der Waals surface area contributed by atoms with Crippen molar-refractivity contribution in [2.24, 2.45) is 0 Å². The van der Waals surface area contributed by atoms with Gasteiger partial charge in [-0.25, -0.2) is 4.98 Å². The van der Waals surface area contributed by atoms with Crippen molar-refractivity contribution in [1.29, 1.82) is 0 Å². The van der Waals surface area contributed by atoms with Crippen LogP contribution in [-0.4, -0.2) is 47.6 Å². The molecule has 0 aromatic carbocycles. The van der Waals surface area contributed by atoms with Gasteiger partial charge in [-0.15, -0.1) is 0 Å². The highest BCUT2D eigenvalue weighted by Crippen LogP contribution is 2.09. The molecule has 0 spiro atoms. The number of anilines is 2. The maximum atomic E-state index is 4.47. The highest BCUT2D eigenvalue weighted by Gasteiger charge is 2.02. The zero-order valence-electron chi connectivity index (χ0n) is 12.7. The minimum Gasteiger partial charge on any atom is -0.369 e. The molecule has 0 aliphatic rings. The molecule has 0 fully saturated rings. The van der Waals surface area contributed by atoms with Gasteiger partial charge in [0.15, 0.2) is 0 Å². The van der Waals surface area contributed by atoms with E-state index in [4.69, 9.17) is 0 Å². The lowest BCUT2D eigenvalue weighted by Gasteiger charge is -2.18. The lowest BCUT2D eigenvalue weighted by Crippen LogP contribution is -2.28. The number of nitrogens with one attached hydrogen (secondary N) is 2. The molecule has 0 atom stereocenters. The van der Waals surface area contributed by atoms with E-state index < -0.39 is 0 Å². The van der Waals surface area contributed by atoms with Gasteiger partial charge in [0.05, 0.1) is 0 Å². The maximum Gasteiger partial charge on any atom is 0.224 e. The average Bonchev–Trinajstić information content (AvgIpc) is 2.41. The Hall–Kier alpha value is -1.36. The van der Waals surface area contributed by atoms with E-state index in [1.54, 1.807) is 0 Å². The van der Waals surface area contributed by atoms with Crippen molar-refractivity contribution in [1.82, 2.24) is 14.9 Å². The summed E-state index contributed by atoms with van der Waals surface area (Å²) in [7, 11) is 0. The number of aromatic nitrogens is 2. The van der Waals surface area contributed by atoms with Crippen LogP contribution in [0.2, 0.25) is 0 Å². The van der Waals surface area contributed by atoms with Crippen molar-refractivity contribution < 1.29 is 0 Å². The lowest BCUT2D eigenvalue weighted by molar-refractivity contribution is 0.316. The zero-order valence-corrected chi connectivity index (χ0v) is 12.7. The van der Waals surface area contributed by atoms with Gasteiger partial charge in [0.1, 0.15) is 5.82 Å². The lowest BCUT2D eigenvalue weighted by atomic mass is 10.4. The third-order valence-electron chi connectivity index (χ3n) is 3.02. The second-order valence-corrected chi connectivity index (χ2v) is 4.60. The van der Waals surface area contributed by atoms with Gasteiger partial charge in [0.25, 0.3) is 0 Å². The zero-order chi connectivity index (χ0) is 14.1. The predicted molar refractivity (Wildman–Crippen MR) is 81.8 cm³/mol. The van der Waals surface area contributed by atoms with Crippen LogP contribution in [0.15, 0.2) is 6.07 Å². The SMILES string of the molecule is CCCNc1nc(C)cc(NCCN(CC)CC)n1. The molecular formula is C14H27N5. The van der Waals surface area contributed by atoms with Gasteiger partial charge >= 0.3 is 0 Å². The molecule has 0 aliphatic carbocycles. The van der Waals surface area contributed by atoms with Crippen molar-refractivity contribution in [2.45, 2.75) is 34.1 Å². The van der Waals surface area contributed by atoms with Crippen LogP contribution in [0.25, 0.3) is 0 Å². The summed E-state index contributed by atoms with van der Waals surface area (Å²) in [4.78, 5) is 11.2. The number of hydrogen-bond acceptors (Lipinski definition) is 5. The number of likely N-dealkylation sites (N-methyl/N-ethyl adjacent to an activating group) is 1. The summed E-state index contributed by atoms with van der Waals surface area (Å²) in [5.74, 6) is 1.62. The number of rotatable bonds is 9. The van der Waals surface area contributed by atoms with Crippen LogP contribution in [0.1, 0.15) is 32.9 Å². The fourth-order valence-electron chi connectivity index (χ4n) is 1.86. The van der Waals surface area contributed by atoms with Gasteiger partial charge in [0, 0.05) is 31.4 Å². The van der Waals surface area contributed by atoms with Crippen LogP contribution in [-0.2, 0) is 0 Å². The van der Waals surface area contributed by atoms with Crippen LogP contribution < -0.4 is 10.6 Å². The Kier molecular flexibility index (Phi) is 7.18. The molecule has 5 heteroatoms. The molecule has 0 amide bonds. The van der Waals surface area contributed by atoms with Crippen LogP contribution >= 0.6 is 0 Å². The molecule has 0 saturated carbocycles. The third-order valence-corrected chi connectivity index (χ3v) is 3.02. The summed E-state index contributed by atoms with van der Waals surface area (Å²) < 4.78 is 0. The Morgan fingerprint density at radius 2 is 1.79 bits per heavy atom. The molecule has 108 valence electrons. The van der Waals surface area contributed by atoms with Crippen molar-refractivity contribution in [3.8, 4) is 0 Å². The average molecular weight is 265 g/mol. The van der Waals surface area contributed by atoms with Crippen molar-refractivity contribution in [3.05, 3.63) is 11.8 Å². The summed E-state index contributed by atoms with van der Waals surface area (Å²) in [5, 5.41) is 6.59. The van der Waals surface area contributed by atoms with Gasteiger partial charge in [-0.3, -0.25) is 0 Å². The van der Waals surface area contributed by atoms with E-state index in [0.717, 1.165) is 50.7 Å². The minimum absolute atomic E-state index is 0.715. The Bertz CT molecular complexity index is 363. The fourth-order valence-corrected chi connectivity index (χ4v) is 1.86. The Morgan fingerprint density at radius 3 is 2.42 bits per heavy atom. The van der Waals surface area contributed by atoms with Crippen molar-refractivity contribution in [3.63, 3.8) is 0 Å². The first-order chi connectivity index (χ1) is 9.19. The van der Waals surface area contributed by atoms with Gasteiger partial charge in [-0.2, -0.15) is 4.98 Å². The number of aryl methyl sites for hydroxylation is 1. The van der Waals surface area contributed by atoms with E-state index in [1.165, 1.54) is 0 Å². The molecule has 0 unspecified atom stereocenters. The molecule has 1 rings (SSSR count). The third kappa shape index (κ3) is 5.87. The van der Waals surface area contributed by atoms with E-state index in [2.05, 4.69) is 46.3 Å². The van der Waals surface area contributed by atoms with Gasteiger partial charge in [-0.05, 0) is 26.4 Å². The van der Waals surface area contributed by atoms with Crippen molar-refractivity contribution >= 4 is 11.8 Å². The minimum atomic E-state index is 0.715. The van der Waals surface area contributed by atoms with Crippen LogP contribution in [0.3, 0.4) is 0 Å². The number of hydrogen-bond donors (Lipinski definition) is 2. The first-order valence-corrected chi connectivity index (χ1v) is 7.25. The van der Waals surface area contributed by atoms with Crippen LogP contribution in [0.5, 0.6) is 0 Å². The number of nitrogens with zero attached hydrogens (tertiary/aromatic N) is 3. The molecule has 0 aliphatic heterocycles. The normalized spacial score (nSPS) is 10.8. The van der Waals surface area contributed by atoms with E-state index in [1.807, 2.05) is 13.0 Å². The maximum absolute atomic E-state index is 4.47. The van der Waals surface area contributed by atoms with Gasteiger partial charge < -0.3 is 15.5 Å². The van der Waals surface area contributed by atoms with E-state index in [9.17, 15) is 0 Å². The molecule has 0 radical (unpaired) electrons. The van der Waals surface area contributed by atoms with Crippen LogP contribution in [0.4, 0.5) is 11.8 Å². The smallest absolute Gasteiger partial charge is 0.224 e. The van der Waals surface area contributed by atoms with Gasteiger partial charge in [0.2, 0.25) is 5.95 Å². The van der Waals surface area contributed by atoms with E-state index in [-0.39, 0.29) is 0 Å². The molecular weight excluding hydrogens is 238 g/mol. The van der Waals surface area contributed by atoms with E-state index >= 15 is 0 Å². The summed E-state index contributed by atoms with van der Waals surface area (Å²) in [5.41, 5.74) is 0.985. The van der Waals surface area contributed by atoms with E-state index in [0.29, 0.717) is 5.95 Å². The molecule has 5 nitrogen and oxygen atoms in total. The quantitative estimate of drug-likeness (QED) is 0.718. The second-order valence-electron chi connectivity index (χ2n) is 4.60. The highest BCUT2D eigenvalue weighted by molar-refractivity contribution is 5.42. The summed E-state index contributed by atoms with van der Waals surface area (Å²) in [6.45, 7) is 13.5. The fraction of sp³-hybridized carbons (Fsp3) is 0.714. The summed E-state index contributed by atoms with van der Waals surface area (Å²) in [6, 6.07) is 1.99. The first-order valence-electron chi connectivity index (χ1n) is 7.25. The second kappa shape index (κ2) is 8.69. The molecule has 2 N–H and O–H groups in total. The monoisotopic (exact) mass is 265 g/mol. The summed E-state index contributed by atoms with van der Waals surface area (Å²) in [6.07, 6.45) is 1.07.